The number of nitrogens with one attached hydrogen (secondary N) is 3. The van der Waals surface area contributed by atoms with Crippen LogP contribution in [0, 0.1) is 19.8 Å². The van der Waals surface area contributed by atoms with Crippen molar-refractivity contribution < 1.29 is 9.59 Å². The van der Waals surface area contributed by atoms with Crippen LogP contribution in [0.15, 0.2) is 36.4 Å². The minimum atomic E-state index is -0.330. The second kappa shape index (κ2) is 9.86. The third-order valence-corrected chi connectivity index (χ3v) is 5.90. The number of aryl methyl sites for hydroxylation is 1. The summed E-state index contributed by atoms with van der Waals surface area (Å²) in [5, 5.41) is 8.76. The van der Waals surface area contributed by atoms with Crippen LogP contribution < -0.4 is 20.9 Å². The van der Waals surface area contributed by atoms with Gasteiger partial charge >= 0.3 is 6.03 Å². The number of piperidine rings is 1. The summed E-state index contributed by atoms with van der Waals surface area (Å²) in [6.45, 7) is 12.0. The monoisotopic (exact) mass is 422 g/mol. The van der Waals surface area contributed by atoms with Crippen LogP contribution in [-0.4, -0.2) is 31.1 Å². The molecule has 3 rings (SSSR count). The van der Waals surface area contributed by atoms with Gasteiger partial charge in [0.1, 0.15) is 0 Å². The van der Waals surface area contributed by atoms with Gasteiger partial charge in [-0.1, -0.05) is 19.1 Å². The standard InChI is InChI=1S/C25H34N4O2/c1-16(2)26-24(30)21-15-20(9-10-23(21)29-13-11-17(3)12-14-29)27-25(31)28-22-8-6-7-18(4)19(22)5/h6-10,15-17H,11-14H2,1-5H3,(H,26,30)(H2,27,28,31). The van der Waals surface area contributed by atoms with Gasteiger partial charge in [-0.05, 0) is 81.8 Å². The number of amides is 3. The largest absolute Gasteiger partial charge is 0.371 e. The first-order valence-corrected chi connectivity index (χ1v) is 11.1. The van der Waals surface area contributed by atoms with E-state index in [1.807, 2.05) is 58.0 Å². The van der Waals surface area contributed by atoms with Crippen LogP contribution >= 0.6 is 0 Å². The van der Waals surface area contributed by atoms with Crippen LogP contribution in [0.3, 0.4) is 0 Å². The molecule has 2 aromatic carbocycles. The number of urea groups is 1. The van der Waals surface area contributed by atoms with E-state index in [-0.39, 0.29) is 18.0 Å². The molecule has 166 valence electrons. The molecule has 31 heavy (non-hydrogen) atoms. The van der Waals surface area contributed by atoms with E-state index in [1.165, 1.54) is 0 Å². The highest BCUT2D eigenvalue weighted by atomic mass is 16.2. The van der Waals surface area contributed by atoms with Gasteiger partial charge in [-0.15, -0.1) is 0 Å². The van der Waals surface area contributed by atoms with Gasteiger partial charge < -0.3 is 20.9 Å². The summed E-state index contributed by atoms with van der Waals surface area (Å²) >= 11 is 0. The van der Waals surface area contributed by atoms with Gasteiger partial charge in [0.2, 0.25) is 0 Å². The van der Waals surface area contributed by atoms with Crippen LogP contribution in [0.4, 0.5) is 21.9 Å². The predicted octanol–water partition coefficient (Wildman–Crippen LogP) is 5.32. The van der Waals surface area contributed by atoms with Crippen molar-refractivity contribution in [2.24, 2.45) is 5.92 Å². The highest BCUT2D eigenvalue weighted by molar-refractivity contribution is 6.04. The summed E-state index contributed by atoms with van der Waals surface area (Å²) < 4.78 is 0. The zero-order valence-electron chi connectivity index (χ0n) is 19.2. The molecule has 1 heterocycles. The first-order chi connectivity index (χ1) is 14.7. The van der Waals surface area contributed by atoms with Gasteiger partial charge in [0, 0.05) is 36.2 Å². The van der Waals surface area contributed by atoms with Crippen molar-refractivity contribution >= 4 is 29.0 Å². The molecule has 0 unspecified atom stereocenters. The lowest BCUT2D eigenvalue weighted by Crippen LogP contribution is -2.36. The molecule has 0 atom stereocenters. The molecule has 1 aliphatic heterocycles. The summed E-state index contributed by atoms with van der Waals surface area (Å²) in [7, 11) is 0. The highest BCUT2D eigenvalue weighted by Crippen LogP contribution is 2.29. The lowest BCUT2D eigenvalue weighted by atomic mass is 9.97. The zero-order chi connectivity index (χ0) is 22.5. The van der Waals surface area contributed by atoms with Crippen molar-refractivity contribution in [1.29, 1.82) is 0 Å². The van der Waals surface area contributed by atoms with Crippen LogP contribution in [0.25, 0.3) is 0 Å². The topological polar surface area (TPSA) is 73.5 Å². The fourth-order valence-electron chi connectivity index (χ4n) is 3.83. The Hall–Kier alpha value is -3.02. The number of nitrogens with zero attached hydrogens (tertiary/aromatic N) is 1. The second-order valence-corrected chi connectivity index (χ2v) is 8.86. The van der Waals surface area contributed by atoms with Crippen molar-refractivity contribution in [1.82, 2.24) is 5.32 Å². The Morgan fingerprint density at radius 2 is 1.74 bits per heavy atom. The summed E-state index contributed by atoms with van der Waals surface area (Å²) in [5.41, 5.74) is 5.02. The third kappa shape index (κ3) is 5.78. The zero-order valence-corrected chi connectivity index (χ0v) is 19.2. The van der Waals surface area contributed by atoms with Gasteiger partial charge in [-0.3, -0.25) is 4.79 Å². The molecule has 6 nitrogen and oxygen atoms in total. The fraction of sp³-hybridized carbons (Fsp3) is 0.440. The summed E-state index contributed by atoms with van der Waals surface area (Å²) in [6.07, 6.45) is 2.23. The smallest absolute Gasteiger partial charge is 0.323 e. The molecule has 3 amide bonds. The molecular formula is C25H34N4O2. The third-order valence-electron chi connectivity index (χ3n) is 5.90. The number of hydrogen-bond acceptors (Lipinski definition) is 3. The molecule has 1 fully saturated rings. The number of benzene rings is 2. The number of hydrogen-bond donors (Lipinski definition) is 3. The number of carbonyl (C=O) groups is 2. The van der Waals surface area contributed by atoms with Crippen LogP contribution in [0.5, 0.6) is 0 Å². The molecule has 0 spiro atoms. The lowest BCUT2D eigenvalue weighted by Gasteiger charge is -2.33. The number of carbonyl (C=O) groups excluding carboxylic acids is 2. The molecule has 0 aliphatic carbocycles. The van der Waals surface area contributed by atoms with E-state index in [0.717, 1.165) is 48.4 Å². The minimum Gasteiger partial charge on any atom is -0.371 e. The van der Waals surface area contributed by atoms with Crippen LogP contribution in [0.2, 0.25) is 0 Å². The number of anilines is 3. The van der Waals surface area contributed by atoms with E-state index >= 15 is 0 Å². The first-order valence-electron chi connectivity index (χ1n) is 11.1. The molecule has 0 saturated carbocycles. The maximum absolute atomic E-state index is 12.9. The van der Waals surface area contributed by atoms with Gasteiger partial charge in [0.25, 0.3) is 5.91 Å². The molecular weight excluding hydrogens is 388 g/mol. The molecule has 0 radical (unpaired) electrons. The molecule has 0 bridgehead atoms. The maximum Gasteiger partial charge on any atom is 0.323 e. The van der Waals surface area contributed by atoms with Crippen molar-refractivity contribution in [3.8, 4) is 0 Å². The SMILES string of the molecule is Cc1cccc(NC(=O)Nc2ccc(N3CCC(C)CC3)c(C(=O)NC(C)C)c2)c1C. The fourth-order valence-corrected chi connectivity index (χ4v) is 3.83. The maximum atomic E-state index is 12.9. The molecule has 2 aromatic rings. The summed E-state index contributed by atoms with van der Waals surface area (Å²) in [4.78, 5) is 27.8. The van der Waals surface area contributed by atoms with E-state index < -0.39 is 0 Å². The average molecular weight is 423 g/mol. The van der Waals surface area contributed by atoms with Gasteiger partial charge in [-0.2, -0.15) is 0 Å². The average Bonchev–Trinajstić information content (AvgIpc) is 2.71. The molecule has 0 aromatic heterocycles. The molecule has 1 aliphatic rings. The summed E-state index contributed by atoms with van der Waals surface area (Å²) in [6, 6.07) is 11.1. The van der Waals surface area contributed by atoms with Crippen molar-refractivity contribution in [3.05, 3.63) is 53.1 Å². The van der Waals surface area contributed by atoms with Crippen LogP contribution in [0.1, 0.15) is 55.1 Å². The highest BCUT2D eigenvalue weighted by Gasteiger charge is 2.22. The Morgan fingerprint density at radius 1 is 1.03 bits per heavy atom. The van der Waals surface area contributed by atoms with Crippen molar-refractivity contribution in [3.63, 3.8) is 0 Å². The van der Waals surface area contributed by atoms with E-state index in [4.69, 9.17) is 0 Å². The second-order valence-electron chi connectivity index (χ2n) is 8.86. The minimum absolute atomic E-state index is 0.0333. The Kier molecular flexibility index (Phi) is 7.21. The molecule has 1 saturated heterocycles. The van der Waals surface area contributed by atoms with E-state index in [2.05, 4.69) is 27.8 Å². The normalized spacial score (nSPS) is 14.5. The first kappa shape index (κ1) is 22.7. The van der Waals surface area contributed by atoms with Crippen molar-refractivity contribution in [2.45, 2.75) is 53.5 Å². The predicted molar refractivity (Wildman–Crippen MR) is 128 cm³/mol. The lowest BCUT2D eigenvalue weighted by molar-refractivity contribution is 0.0943. The van der Waals surface area contributed by atoms with E-state index in [0.29, 0.717) is 17.2 Å². The van der Waals surface area contributed by atoms with Gasteiger partial charge in [-0.25, -0.2) is 4.79 Å². The van der Waals surface area contributed by atoms with E-state index in [1.54, 1.807) is 6.07 Å². The molecule has 6 heteroatoms. The quantitative estimate of drug-likeness (QED) is 0.610. The Morgan fingerprint density at radius 3 is 2.42 bits per heavy atom. The van der Waals surface area contributed by atoms with Crippen molar-refractivity contribution in [2.75, 3.05) is 28.6 Å². The van der Waals surface area contributed by atoms with Gasteiger partial charge in [0.15, 0.2) is 0 Å². The van der Waals surface area contributed by atoms with Crippen LogP contribution in [-0.2, 0) is 0 Å². The summed E-state index contributed by atoms with van der Waals surface area (Å²) in [5.74, 6) is 0.584. The molecule has 3 N–H and O–H groups in total. The Labute approximate surface area is 185 Å². The van der Waals surface area contributed by atoms with Gasteiger partial charge in [0.05, 0.1) is 5.56 Å². The Bertz CT molecular complexity index is 947. The van der Waals surface area contributed by atoms with E-state index in [9.17, 15) is 9.59 Å². The number of rotatable bonds is 5. The Balaban J connectivity index is 1.81.